The zero-order valence-electron chi connectivity index (χ0n) is 12.2. The lowest BCUT2D eigenvalue weighted by Crippen LogP contribution is -2.46. The van der Waals surface area contributed by atoms with Crippen molar-refractivity contribution in [2.45, 2.75) is 0 Å². The molecule has 1 saturated heterocycles. The third-order valence-corrected chi connectivity index (χ3v) is 4.16. The van der Waals surface area contributed by atoms with Gasteiger partial charge in [0, 0.05) is 55.9 Å². The maximum Gasteiger partial charge on any atom is 0.178 e. The summed E-state index contributed by atoms with van der Waals surface area (Å²) in [6.45, 7) is 4.58. The van der Waals surface area contributed by atoms with E-state index in [4.69, 9.17) is 0 Å². The van der Waals surface area contributed by atoms with E-state index in [1.807, 2.05) is 36.0 Å². The molecule has 4 nitrogen and oxygen atoms in total. The fourth-order valence-electron chi connectivity index (χ4n) is 2.86. The number of hydrogen-bond donors (Lipinski definition) is 0. The largest absolute Gasteiger partial charge is 0.350 e. The van der Waals surface area contributed by atoms with Gasteiger partial charge in [-0.2, -0.15) is 0 Å². The first-order chi connectivity index (χ1) is 9.65. The average molecular weight is 271 g/mol. The highest BCUT2D eigenvalue weighted by atomic mass is 16.1. The van der Waals surface area contributed by atoms with Gasteiger partial charge in [-0.25, -0.2) is 0 Å². The minimum absolute atomic E-state index is 0.228. The molecule has 1 aliphatic rings. The van der Waals surface area contributed by atoms with Gasteiger partial charge in [0.2, 0.25) is 0 Å². The van der Waals surface area contributed by atoms with E-state index in [0.717, 1.165) is 42.6 Å². The third-order valence-electron chi connectivity index (χ3n) is 4.16. The van der Waals surface area contributed by atoms with Crippen LogP contribution >= 0.6 is 0 Å². The lowest BCUT2D eigenvalue weighted by molar-refractivity contribution is 0.0878. The van der Waals surface area contributed by atoms with E-state index in [0.29, 0.717) is 6.54 Å². The minimum Gasteiger partial charge on any atom is -0.350 e. The van der Waals surface area contributed by atoms with Gasteiger partial charge in [-0.1, -0.05) is 18.2 Å². The summed E-state index contributed by atoms with van der Waals surface area (Å²) >= 11 is 0. The van der Waals surface area contributed by atoms with Crippen molar-refractivity contribution in [1.82, 2.24) is 14.4 Å². The van der Waals surface area contributed by atoms with Crippen LogP contribution in [0.2, 0.25) is 0 Å². The van der Waals surface area contributed by atoms with Crippen LogP contribution < -0.4 is 0 Å². The van der Waals surface area contributed by atoms with Gasteiger partial charge in [-0.3, -0.25) is 9.69 Å². The first-order valence-electron chi connectivity index (χ1n) is 7.13. The number of para-hydroxylation sites is 1. The van der Waals surface area contributed by atoms with Gasteiger partial charge < -0.3 is 9.47 Å². The Morgan fingerprint density at radius 3 is 2.55 bits per heavy atom. The smallest absolute Gasteiger partial charge is 0.178 e. The molecule has 2 heterocycles. The molecule has 1 fully saturated rings. The first-order valence-corrected chi connectivity index (χ1v) is 7.13. The average Bonchev–Trinajstić information content (AvgIpc) is 2.79. The minimum atomic E-state index is 0.228. The van der Waals surface area contributed by atoms with E-state index in [1.54, 1.807) is 0 Å². The van der Waals surface area contributed by atoms with Gasteiger partial charge in [-0.15, -0.1) is 0 Å². The van der Waals surface area contributed by atoms with Crippen molar-refractivity contribution in [2.24, 2.45) is 7.05 Å². The van der Waals surface area contributed by atoms with Crippen LogP contribution in [-0.4, -0.2) is 59.9 Å². The number of carbonyl (C=O) groups excluding carboxylic acids is 1. The molecule has 20 heavy (non-hydrogen) atoms. The molecule has 106 valence electrons. The van der Waals surface area contributed by atoms with E-state index < -0.39 is 0 Å². The molecule has 0 radical (unpaired) electrons. The fraction of sp³-hybridized carbons (Fsp3) is 0.438. The van der Waals surface area contributed by atoms with Crippen LogP contribution in [0, 0.1) is 0 Å². The van der Waals surface area contributed by atoms with Gasteiger partial charge >= 0.3 is 0 Å². The Kier molecular flexibility index (Phi) is 3.59. The number of benzene rings is 1. The fourth-order valence-corrected chi connectivity index (χ4v) is 2.86. The number of nitrogens with zero attached hydrogens (tertiary/aromatic N) is 3. The molecule has 4 heteroatoms. The van der Waals surface area contributed by atoms with Crippen molar-refractivity contribution in [3.63, 3.8) is 0 Å². The SMILES string of the molecule is CN1CCN(CC(=O)c2cn(C)c3ccccc23)CC1. The van der Waals surface area contributed by atoms with Crippen molar-refractivity contribution in [3.05, 3.63) is 36.0 Å². The molecule has 0 amide bonds. The normalized spacial score (nSPS) is 17.7. The lowest BCUT2D eigenvalue weighted by Gasteiger charge is -2.31. The molecule has 0 spiro atoms. The zero-order valence-corrected chi connectivity index (χ0v) is 12.2. The molecular weight excluding hydrogens is 250 g/mol. The van der Waals surface area contributed by atoms with Crippen molar-refractivity contribution in [2.75, 3.05) is 39.8 Å². The number of rotatable bonds is 3. The molecule has 0 bridgehead atoms. The number of aromatic nitrogens is 1. The number of ketones is 1. The Balaban J connectivity index is 1.79. The van der Waals surface area contributed by atoms with Crippen molar-refractivity contribution in [3.8, 4) is 0 Å². The molecule has 1 aromatic carbocycles. The third kappa shape index (κ3) is 2.49. The maximum atomic E-state index is 12.6. The van der Waals surface area contributed by atoms with Crippen LogP contribution in [0.1, 0.15) is 10.4 Å². The second kappa shape index (κ2) is 5.38. The monoisotopic (exact) mass is 271 g/mol. The highest BCUT2D eigenvalue weighted by molar-refractivity contribution is 6.09. The standard InChI is InChI=1S/C16H21N3O/c1-17-7-9-19(10-8-17)12-16(20)14-11-18(2)15-6-4-3-5-13(14)15/h3-6,11H,7-10,12H2,1-2H3. The van der Waals surface area contributed by atoms with E-state index in [1.165, 1.54) is 0 Å². The summed E-state index contributed by atoms with van der Waals surface area (Å²) in [6, 6.07) is 8.10. The van der Waals surface area contributed by atoms with Gasteiger partial charge in [0.1, 0.15) is 0 Å². The highest BCUT2D eigenvalue weighted by Gasteiger charge is 2.19. The number of aryl methyl sites for hydroxylation is 1. The van der Waals surface area contributed by atoms with Gasteiger partial charge in [0.25, 0.3) is 0 Å². The molecule has 3 rings (SSSR count). The van der Waals surface area contributed by atoms with Crippen LogP contribution in [0.15, 0.2) is 30.5 Å². The summed E-state index contributed by atoms with van der Waals surface area (Å²) in [4.78, 5) is 17.1. The molecule has 0 unspecified atom stereocenters. The second-order valence-corrected chi connectivity index (χ2v) is 5.67. The first kappa shape index (κ1) is 13.3. The van der Waals surface area contributed by atoms with E-state index in [9.17, 15) is 4.79 Å². The Labute approximate surface area is 119 Å². The van der Waals surface area contributed by atoms with E-state index in [-0.39, 0.29) is 5.78 Å². The summed E-state index contributed by atoms with van der Waals surface area (Å²) in [5.41, 5.74) is 1.97. The second-order valence-electron chi connectivity index (χ2n) is 5.67. The Morgan fingerprint density at radius 1 is 1.10 bits per heavy atom. The molecule has 1 aliphatic heterocycles. The summed E-state index contributed by atoms with van der Waals surface area (Å²) in [5.74, 6) is 0.228. The van der Waals surface area contributed by atoms with Crippen LogP contribution in [-0.2, 0) is 7.05 Å². The number of fused-ring (bicyclic) bond motifs is 1. The number of hydrogen-bond acceptors (Lipinski definition) is 3. The number of Topliss-reactive ketones (excluding diaryl/α,β-unsaturated/α-hetero) is 1. The molecular formula is C16H21N3O. The van der Waals surface area contributed by atoms with Crippen LogP contribution in [0.5, 0.6) is 0 Å². The maximum absolute atomic E-state index is 12.6. The number of carbonyl (C=O) groups is 1. The predicted molar refractivity (Wildman–Crippen MR) is 81.2 cm³/mol. The van der Waals surface area contributed by atoms with Crippen LogP contribution in [0.4, 0.5) is 0 Å². The Hall–Kier alpha value is -1.65. The molecule has 0 N–H and O–H groups in total. The molecule has 1 aromatic heterocycles. The van der Waals surface area contributed by atoms with Gasteiger partial charge in [-0.05, 0) is 13.1 Å². The topological polar surface area (TPSA) is 28.5 Å². The Bertz CT molecular complexity index is 624. The van der Waals surface area contributed by atoms with Crippen molar-refractivity contribution in [1.29, 1.82) is 0 Å². The van der Waals surface area contributed by atoms with Gasteiger partial charge in [0.15, 0.2) is 5.78 Å². The summed E-state index contributed by atoms with van der Waals surface area (Å²) in [6.07, 6.45) is 1.96. The summed E-state index contributed by atoms with van der Waals surface area (Å²) in [5, 5.41) is 1.06. The molecule has 0 saturated carbocycles. The predicted octanol–water partition coefficient (Wildman–Crippen LogP) is 1.61. The van der Waals surface area contributed by atoms with Crippen LogP contribution in [0.25, 0.3) is 10.9 Å². The molecule has 2 aromatic rings. The van der Waals surface area contributed by atoms with E-state index in [2.05, 4.69) is 22.9 Å². The lowest BCUT2D eigenvalue weighted by atomic mass is 10.1. The van der Waals surface area contributed by atoms with Crippen molar-refractivity contribution >= 4 is 16.7 Å². The van der Waals surface area contributed by atoms with Crippen molar-refractivity contribution < 1.29 is 4.79 Å². The summed E-state index contributed by atoms with van der Waals surface area (Å²) in [7, 11) is 4.12. The van der Waals surface area contributed by atoms with Crippen LogP contribution in [0.3, 0.4) is 0 Å². The summed E-state index contributed by atoms with van der Waals surface area (Å²) < 4.78 is 2.03. The molecule has 0 aliphatic carbocycles. The van der Waals surface area contributed by atoms with Gasteiger partial charge in [0.05, 0.1) is 6.54 Å². The quantitative estimate of drug-likeness (QED) is 0.794. The number of piperazine rings is 1. The highest BCUT2D eigenvalue weighted by Crippen LogP contribution is 2.21. The molecule has 0 atom stereocenters. The number of likely N-dealkylation sites (N-methyl/N-ethyl adjacent to an activating group) is 1. The zero-order chi connectivity index (χ0) is 14.1. The Morgan fingerprint density at radius 2 is 1.80 bits per heavy atom. The van der Waals surface area contributed by atoms with E-state index >= 15 is 0 Å².